The molecule has 11 heteroatoms. The SMILES string of the molecule is COc1ccc([C@H]2[C@@H]3CC(CCO)(CCO)C(=O)N3CCN2C(=O)N(C)[C@H](C)c2cc(C)cc(C(F)(F)F)c2)c(C)c1. The molecule has 2 aromatic carbocycles. The number of rotatable bonds is 8. The third-order valence-corrected chi connectivity index (χ3v) is 9.01. The van der Waals surface area contributed by atoms with Crippen molar-refractivity contribution in [2.24, 2.45) is 5.41 Å². The number of aliphatic hydroxyl groups is 2. The zero-order valence-corrected chi connectivity index (χ0v) is 24.7. The number of benzene rings is 2. The van der Waals surface area contributed by atoms with Crippen molar-refractivity contribution in [1.82, 2.24) is 14.7 Å². The van der Waals surface area contributed by atoms with E-state index >= 15 is 0 Å². The van der Waals surface area contributed by atoms with Crippen molar-refractivity contribution in [3.63, 3.8) is 0 Å². The van der Waals surface area contributed by atoms with Crippen molar-refractivity contribution < 1.29 is 37.7 Å². The zero-order chi connectivity index (χ0) is 31.0. The van der Waals surface area contributed by atoms with Gasteiger partial charge in [0.05, 0.1) is 36.2 Å². The van der Waals surface area contributed by atoms with Crippen LogP contribution in [-0.4, -0.2) is 83.4 Å². The molecule has 2 aromatic rings. The summed E-state index contributed by atoms with van der Waals surface area (Å²) in [6, 6.07) is 7.35. The number of ether oxygens (including phenoxy) is 1. The number of amides is 3. The number of carbonyl (C=O) groups is 2. The molecule has 0 bridgehead atoms. The summed E-state index contributed by atoms with van der Waals surface area (Å²) in [6.45, 7) is 5.26. The first-order valence-corrected chi connectivity index (χ1v) is 14.2. The van der Waals surface area contributed by atoms with E-state index in [0.717, 1.165) is 23.3 Å². The number of nitrogens with zero attached hydrogens (tertiary/aromatic N) is 3. The van der Waals surface area contributed by atoms with Gasteiger partial charge >= 0.3 is 12.2 Å². The predicted molar refractivity (Wildman–Crippen MR) is 151 cm³/mol. The first-order chi connectivity index (χ1) is 19.8. The van der Waals surface area contributed by atoms with Gasteiger partial charge in [-0.2, -0.15) is 13.2 Å². The second-order valence-electron chi connectivity index (χ2n) is 11.6. The minimum Gasteiger partial charge on any atom is -0.497 e. The lowest BCUT2D eigenvalue weighted by atomic mass is 9.77. The number of urea groups is 1. The second kappa shape index (κ2) is 12.1. The lowest BCUT2D eigenvalue weighted by molar-refractivity contribution is -0.140. The van der Waals surface area contributed by atoms with E-state index < -0.39 is 35.3 Å². The van der Waals surface area contributed by atoms with Gasteiger partial charge in [0, 0.05) is 33.4 Å². The molecule has 42 heavy (non-hydrogen) atoms. The van der Waals surface area contributed by atoms with E-state index in [9.17, 15) is 33.0 Å². The Balaban J connectivity index is 1.74. The van der Waals surface area contributed by atoms with Gasteiger partial charge in [0.1, 0.15) is 5.75 Å². The lowest BCUT2D eigenvalue weighted by Crippen LogP contribution is -2.57. The molecular formula is C31H40F3N3O5. The Hall–Kier alpha value is -3.31. The number of piperazine rings is 1. The normalized spacial score (nSPS) is 20.9. The highest BCUT2D eigenvalue weighted by Gasteiger charge is 2.56. The third-order valence-electron chi connectivity index (χ3n) is 9.01. The van der Waals surface area contributed by atoms with E-state index in [4.69, 9.17) is 4.74 Å². The highest BCUT2D eigenvalue weighted by Crippen LogP contribution is 2.49. The summed E-state index contributed by atoms with van der Waals surface area (Å²) in [4.78, 5) is 32.8. The molecule has 230 valence electrons. The Bertz CT molecular complexity index is 1310. The first kappa shape index (κ1) is 31.6. The van der Waals surface area contributed by atoms with Crippen molar-refractivity contribution in [3.05, 3.63) is 64.2 Å². The van der Waals surface area contributed by atoms with E-state index in [0.29, 0.717) is 23.3 Å². The highest BCUT2D eigenvalue weighted by atomic mass is 19.4. The average molecular weight is 592 g/mol. The molecule has 0 unspecified atom stereocenters. The van der Waals surface area contributed by atoms with Gasteiger partial charge in [0.2, 0.25) is 5.91 Å². The fourth-order valence-corrected chi connectivity index (χ4v) is 6.64. The minimum absolute atomic E-state index is 0.139. The van der Waals surface area contributed by atoms with Gasteiger partial charge < -0.3 is 29.6 Å². The molecule has 2 aliphatic heterocycles. The molecule has 2 saturated heterocycles. The summed E-state index contributed by atoms with van der Waals surface area (Å²) < 4.78 is 46.1. The molecule has 2 aliphatic rings. The molecule has 8 nitrogen and oxygen atoms in total. The maximum Gasteiger partial charge on any atom is 0.416 e. The maximum atomic E-state index is 14.2. The number of hydrogen-bond donors (Lipinski definition) is 2. The number of methoxy groups -OCH3 is 1. The van der Waals surface area contributed by atoms with Gasteiger partial charge in [0.15, 0.2) is 0 Å². The Morgan fingerprint density at radius 3 is 2.36 bits per heavy atom. The van der Waals surface area contributed by atoms with Crippen LogP contribution in [0.3, 0.4) is 0 Å². The van der Waals surface area contributed by atoms with Gasteiger partial charge in [-0.1, -0.05) is 17.7 Å². The average Bonchev–Trinajstić information content (AvgIpc) is 3.21. The van der Waals surface area contributed by atoms with Crippen LogP contribution in [0.5, 0.6) is 5.75 Å². The topological polar surface area (TPSA) is 93.5 Å². The largest absolute Gasteiger partial charge is 0.497 e. The van der Waals surface area contributed by atoms with Crippen molar-refractivity contribution in [2.45, 2.75) is 64.3 Å². The van der Waals surface area contributed by atoms with Crippen LogP contribution >= 0.6 is 0 Å². The van der Waals surface area contributed by atoms with Crippen LogP contribution in [0.4, 0.5) is 18.0 Å². The smallest absolute Gasteiger partial charge is 0.416 e. The van der Waals surface area contributed by atoms with Crippen LogP contribution in [0.2, 0.25) is 0 Å². The summed E-state index contributed by atoms with van der Waals surface area (Å²) in [6.07, 6.45) is -3.76. The van der Waals surface area contributed by atoms with Crippen LogP contribution < -0.4 is 4.74 Å². The fourth-order valence-electron chi connectivity index (χ4n) is 6.64. The molecule has 0 aromatic heterocycles. The van der Waals surface area contributed by atoms with Crippen LogP contribution in [0.25, 0.3) is 0 Å². The number of fused-ring (bicyclic) bond motifs is 1. The fraction of sp³-hybridized carbons (Fsp3) is 0.548. The quantitative estimate of drug-likeness (QED) is 0.458. The number of carbonyl (C=O) groups excluding carboxylic acids is 2. The highest BCUT2D eigenvalue weighted by molar-refractivity contribution is 5.86. The Morgan fingerprint density at radius 2 is 1.79 bits per heavy atom. The van der Waals surface area contributed by atoms with Crippen LogP contribution in [-0.2, 0) is 11.0 Å². The summed E-state index contributed by atoms with van der Waals surface area (Å²) in [5.41, 5.74) is 0.792. The molecule has 0 aliphatic carbocycles. The zero-order valence-electron chi connectivity index (χ0n) is 24.7. The summed E-state index contributed by atoms with van der Waals surface area (Å²) in [5, 5.41) is 19.6. The van der Waals surface area contributed by atoms with Crippen LogP contribution in [0, 0.1) is 19.3 Å². The molecule has 2 heterocycles. The van der Waals surface area contributed by atoms with Crippen molar-refractivity contribution in [1.29, 1.82) is 0 Å². The van der Waals surface area contributed by atoms with Crippen LogP contribution in [0.1, 0.15) is 66.1 Å². The molecule has 2 N–H and O–H groups in total. The summed E-state index contributed by atoms with van der Waals surface area (Å²) >= 11 is 0. The van der Waals surface area contributed by atoms with Crippen molar-refractivity contribution in [3.8, 4) is 5.75 Å². The van der Waals surface area contributed by atoms with E-state index in [1.165, 1.54) is 4.90 Å². The van der Waals surface area contributed by atoms with Crippen molar-refractivity contribution >= 4 is 11.9 Å². The van der Waals surface area contributed by atoms with E-state index in [-0.39, 0.29) is 51.1 Å². The van der Waals surface area contributed by atoms with Gasteiger partial charge in [-0.3, -0.25) is 4.79 Å². The Labute approximate surface area is 244 Å². The van der Waals surface area contributed by atoms with Gasteiger partial charge in [0.25, 0.3) is 0 Å². The van der Waals surface area contributed by atoms with Crippen LogP contribution in [0.15, 0.2) is 36.4 Å². The van der Waals surface area contributed by atoms with Gasteiger partial charge in [-0.15, -0.1) is 0 Å². The maximum absolute atomic E-state index is 14.2. The molecule has 0 saturated carbocycles. The summed E-state index contributed by atoms with van der Waals surface area (Å²) in [5.74, 6) is 0.505. The number of halogens is 3. The Kier molecular flexibility index (Phi) is 9.13. The molecule has 0 spiro atoms. The molecule has 3 atom stereocenters. The molecule has 4 rings (SSSR count). The minimum atomic E-state index is -4.51. The third kappa shape index (κ3) is 5.81. The monoisotopic (exact) mass is 591 g/mol. The molecular weight excluding hydrogens is 551 g/mol. The number of aryl methyl sites for hydroxylation is 2. The first-order valence-electron chi connectivity index (χ1n) is 14.2. The molecule has 2 fully saturated rings. The number of hydrogen-bond acceptors (Lipinski definition) is 5. The predicted octanol–water partition coefficient (Wildman–Crippen LogP) is 4.85. The number of alkyl halides is 3. The van der Waals surface area contributed by atoms with Crippen molar-refractivity contribution in [2.75, 3.05) is 40.5 Å². The van der Waals surface area contributed by atoms with Gasteiger partial charge in [-0.25, -0.2) is 4.79 Å². The van der Waals surface area contributed by atoms with E-state index in [1.54, 1.807) is 49.9 Å². The summed E-state index contributed by atoms with van der Waals surface area (Å²) in [7, 11) is 3.14. The lowest BCUT2D eigenvalue weighted by Gasteiger charge is -2.47. The second-order valence-corrected chi connectivity index (χ2v) is 11.6. The van der Waals surface area contributed by atoms with Gasteiger partial charge in [-0.05, 0) is 81.0 Å². The Morgan fingerprint density at radius 1 is 1.12 bits per heavy atom. The number of aliphatic hydroxyl groups excluding tert-OH is 2. The molecule has 3 amide bonds. The molecule has 0 radical (unpaired) electrons. The standard InChI is InChI=1S/C31H40F3N3O5/c1-19-14-22(17-23(15-19)31(32,33)34)21(3)35(4)29(41)37-11-10-36-26(18-30(8-12-38,9-13-39)28(36)40)27(37)25-7-6-24(42-5)16-20(25)2/h6-7,14-17,21,26-27,38-39H,8-13,18H2,1-5H3/t21-,26+,27+/m1/s1. The van der Waals surface area contributed by atoms with E-state index in [2.05, 4.69) is 0 Å². The van der Waals surface area contributed by atoms with E-state index in [1.807, 2.05) is 19.1 Å².